The number of thioether (sulfide) groups is 1. The molecule has 1 aliphatic carbocycles. The van der Waals surface area contributed by atoms with Crippen molar-refractivity contribution in [3.05, 3.63) is 34.6 Å². The van der Waals surface area contributed by atoms with E-state index in [2.05, 4.69) is 24.1 Å². The van der Waals surface area contributed by atoms with E-state index in [4.69, 9.17) is 0 Å². The lowest BCUT2D eigenvalue weighted by Gasteiger charge is -2.35. The molecule has 27 heavy (non-hydrogen) atoms. The molecule has 1 amide bonds. The van der Waals surface area contributed by atoms with E-state index in [0.717, 1.165) is 6.42 Å². The lowest BCUT2D eigenvalue weighted by atomic mass is 9.78. The number of hydrogen-bond acceptors (Lipinski definition) is 4. The Kier molecular flexibility index (Phi) is 6.25. The first-order valence-corrected chi connectivity index (χ1v) is 10.8. The standard InChI is InChI=1S/C21H29N3O2S/c1-5-24-20(26)16-10-6-7-11-18(16)23-21(24)27-15(4)19(25)22-17-12-8-9-13(2)14(17)3/h6-7,10-11,13-15,17H,5,8-9,12H2,1-4H3,(H,22,25)/t13-,14+,15-,17-/m1/s1. The second-order valence-electron chi connectivity index (χ2n) is 7.60. The van der Waals surface area contributed by atoms with Gasteiger partial charge in [0.1, 0.15) is 0 Å². The van der Waals surface area contributed by atoms with Crippen molar-refractivity contribution in [3.63, 3.8) is 0 Å². The van der Waals surface area contributed by atoms with Crippen molar-refractivity contribution in [1.29, 1.82) is 0 Å². The Morgan fingerprint density at radius 1 is 1.33 bits per heavy atom. The van der Waals surface area contributed by atoms with Gasteiger partial charge < -0.3 is 5.32 Å². The van der Waals surface area contributed by atoms with E-state index in [1.54, 1.807) is 10.6 Å². The first kappa shape index (κ1) is 19.9. The van der Waals surface area contributed by atoms with Crippen LogP contribution in [0.2, 0.25) is 0 Å². The molecule has 0 saturated heterocycles. The molecule has 1 aromatic carbocycles. The molecule has 1 heterocycles. The van der Waals surface area contributed by atoms with Crippen LogP contribution in [0.25, 0.3) is 10.9 Å². The van der Waals surface area contributed by atoms with Crippen LogP contribution in [0.3, 0.4) is 0 Å². The summed E-state index contributed by atoms with van der Waals surface area (Å²) in [4.78, 5) is 30.2. The molecule has 5 nitrogen and oxygen atoms in total. The van der Waals surface area contributed by atoms with Crippen molar-refractivity contribution in [2.45, 2.75) is 70.0 Å². The molecule has 6 heteroatoms. The first-order valence-electron chi connectivity index (χ1n) is 9.89. The monoisotopic (exact) mass is 387 g/mol. The molecule has 1 aromatic heterocycles. The average molecular weight is 388 g/mol. The van der Waals surface area contributed by atoms with Gasteiger partial charge >= 0.3 is 0 Å². The summed E-state index contributed by atoms with van der Waals surface area (Å²) < 4.78 is 1.65. The van der Waals surface area contributed by atoms with E-state index in [1.807, 2.05) is 32.0 Å². The number of hydrogen-bond donors (Lipinski definition) is 1. The molecule has 4 atom stereocenters. The van der Waals surface area contributed by atoms with Crippen LogP contribution in [0.4, 0.5) is 0 Å². The molecule has 3 rings (SSSR count). The molecule has 2 aromatic rings. The van der Waals surface area contributed by atoms with Crippen molar-refractivity contribution < 1.29 is 4.79 Å². The Labute approximate surface area is 164 Å². The summed E-state index contributed by atoms with van der Waals surface area (Å²) in [6.45, 7) is 8.84. The van der Waals surface area contributed by atoms with Gasteiger partial charge in [-0.1, -0.05) is 50.6 Å². The summed E-state index contributed by atoms with van der Waals surface area (Å²) in [5, 5.41) is 4.15. The highest BCUT2D eigenvalue weighted by atomic mass is 32.2. The largest absolute Gasteiger partial charge is 0.352 e. The van der Waals surface area contributed by atoms with Crippen LogP contribution in [-0.2, 0) is 11.3 Å². The van der Waals surface area contributed by atoms with Gasteiger partial charge in [0.05, 0.1) is 16.2 Å². The fourth-order valence-electron chi connectivity index (χ4n) is 3.81. The van der Waals surface area contributed by atoms with E-state index < -0.39 is 0 Å². The zero-order chi connectivity index (χ0) is 19.6. The van der Waals surface area contributed by atoms with E-state index in [9.17, 15) is 9.59 Å². The van der Waals surface area contributed by atoms with Gasteiger partial charge in [0.25, 0.3) is 5.56 Å². The molecule has 0 spiro atoms. The van der Waals surface area contributed by atoms with E-state index in [-0.39, 0.29) is 22.8 Å². The van der Waals surface area contributed by atoms with Gasteiger partial charge in [-0.2, -0.15) is 0 Å². The minimum Gasteiger partial charge on any atom is -0.352 e. The van der Waals surface area contributed by atoms with Crippen LogP contribution >= 0.6 is 11.8 Å². The summed E-state index contributed by atoms with van der Waals surface area (Å²) >= 11 is 1.36. The fraction of sp³-hybridized carbons (Fsp3) is 0.571. The third-order valence-corrected chi connectivity index (χ3v) is 6.92. The predicted molar refractivity (Wildman–Crippen MR) is 111 cm³/mol. The van der Waals surface area contributed by atoms with Crippen molar-refractivity contribution in [2.75, 3.05) is 0 Å². The molecule has 1 N–H and O–H groups in total. The lowest BCUT2D eigenvalue weighted by Crippen LogP contribution is -2.46. The van der Waals surface area contributed by atoms with Crippen LogP contribution in [-0.4, -0.2) is 26.8 Å². The summed E-state index contributed by atoms with van der Waals surface area (Å²) in [5.41, 5.74) is 0.630. The SMILES string of the molecule is CCn1c(S[C@H](C)C(=O)N[C@@H]2CCC[C@@H](C)[C@@H]2C)nc2ccccc2c1=O. The molecule has 1 aliphatic rings. The molecule has 1 fully saturated rings. The van der Waals surface area contributed by atoms with Gasteiger partial charge in [0.2, 0.25) is 5.91 Å². The zero-order valence-electron chi connectivity index (χ0n) is 16.6. The highest BCUT2D eigenvalue weighted by Gasteiger charge is 2.29. The average Bonchev–Trinajstić information content (AvgIpc) is 2.65. The number of carbonyl (C=O) groups is 1. The summed E-state index contributed by atoms with van der Waals surface area (Å²) in [6, 6.07) is 7.60. The maximum Gasteiger partial charge on any atom is 0.262 e. The lowest BCUT2D eigenvalue weighted by molar-refractivity contribution is -0.121. The Hall–Kier alpha value is -1.82. The molecular formula is C21H29N3O2S. The zero-order valence-corrected chi connectivity index (χ0v) is 17.4. The van der Waals surface area contributed by atoms with Crippen LogP contribution < -0.4 is 10.9 Å². The molecule has 146 valence electrons. The van der Waals surface area contributed by atoms with Crippen molar-refractivity contribution in [1.82, 2.24) is 14.9 Å². The minimum absolute atomic E-state index is 0.0241. The number of nitrogens with zero attached hydrogens (tertiary/aromatic N) is 2. The van der Waals surface area contributed by atoms with Crippen LogP contribution in [0.15, 0.2) is 34.2 Å². The Morgan fingerprint density at radius 2 is 2.07 bits per heavy atom. The third-order valence-electron chi connectivity index (χ3n) is 5.83. The van der Waals surface area contributed by atoms with Crippen molar-refractivity contribution in [3.8, 4) is 0 Å². The van der Waals surface area contributed by atoms with Gasteiger partial charge in [0, 0.05) is 12.6 Å². The number of para-hydroxylation sites is 1. The van der Waals surface area contributed by atoms with Crippen molar-refractivity contribution in [2.24, 2.45) is 11.8 Å². The van der Waals surface area contributed by atoms with Crippen LogP contribution in [0.1, 0.15) is 47.0 Å². The van der Waals surface area contributed by atoms with Crippen LogP contribution in [0, 0.1) is 11.8 Å². The predicted octanol–water partition coefficient (Wildman–Crippen LogP) is 3.84. The molecule has 0 unspecified atom stereocenters. The first-order chi connectivity index (χ1) is 12.9. The Morgan fingerprint density at radius 3 is 2.81 bits per heavy atom. The normalized spacial score (nSPS) is 23.9. The molecular weight excluding hydrogens is 358 g/mol. The maximum atomic E-state index is 12.8. The number of benzene rings is 1. The highest BCUT2D eigenvalue weighted by Crippen LogP contribution is 2.30. The van der Waals surface area contributed by atoms with Gasteiger partial charge in [0.15, 0.2) is 5.16 Å². The number of carbonyl (C=O) groups excluding carboxylic acids is 1. The van der Waals surface area contributed by atoms with Crippen molar-refractivity contribution >= 4 is 28.6 Å². The smallest absolute Gasteiger partial charge is 0.262 e. The number of aromatic nitrogens is 2. The summed E-state index contributed by atoms with van der Waals surface area (Å²) in [6.07, 6.45) is 3.45. The molecule has 1 saturated carbocycles. The minimum atomic E-state index is -0.305. The highest BCUT2D eigenvalue weighted by molar-refractivity contribution is 8.00. The van der Waals surface area contributed by atoms with E-state index in [1.165, 1.54) is 24.6 Å². The topological polar surface area (TPSA) is 64.0 Å². The maximum absolute atomic E-state index is 12.8. The van der Waals surface area contributed by atoms with E-state index in [0.29, 0.717) is 34.4 Å². The molecule has 0 bridgehead atoms. The van der Waals surface area contributed by atoms with Gasteiger partial charge in [-0.3, -0.25) is 14.2 Å². The third kappa shape index (κ3) is 4.21. The fourth-order valence-corrected chi connectivity index (χ4v) is 4.80. The van der Waals surface area contributed by atoms with Gasteiger partial charge in [-0.25, -0.2) is 4.98 Å². The molecule has 0 radical (unpaired) electrons. The number of fused-ring (bicyclic) bond motifs is 1. The van der Waals surface area contributed by atoms with E-state index >= 15 is 0 Å². The summed E-state index contributed by atoms with van der Waals surface area (Å²) in [7, 11) is 0. The summed E-state index contributed by atoms with van der Waals surface area (Å²) in [5.74, 6) is 1.16. The number of amides is 1. The second kappa shape index (κ2) is 8.46. The molecule has 0 aliphatic heterocycles. The van der Waals surface area contributed by atoms with Gasteiger partial charge in [-0.05, 0) is 44.2 Å². The second-order valence-corrected chi connectivity index (χ2v) is 8.91. The quantitative estimate of drug-likeness (QED) is 0.625. The number of rotatable bonds is 5. The van der Waals surface area contributed by atoms with Crippen LogP contribution in [0.5, 0.6) is 0 Å². The Bertz CT molecular complexity index is 879. The van der Waals surface area contributed by atoms with Gasteiger partial charge in [-0.15, -0.1) is 0 Å². The number of nitrogens with one attached hydrogen (secondary N) is 1. The Balaban J connectivity index is 1.78.